The van der Waals surface area contributed by atoms with Gasteiger partial charge < -0.3 is 15.8 Å². The summed E-state index contributed by atoms with van der Waals surface area (Å²) in [7, 11) is 0. The minimum Gasteiger partial charge on any atom is -0.389 e. The predicted octanol–water partition coefficient (Wildman–Crippen LogP) is 1.36. The maximum absolute atomic E-state index is 12.0. The SMILES string of the molecule is CSc1nc(C(=O)NC2CCOCC2)c(N)s1. The van der Waals surface area contributed by atoms with Crippen molar-refractivity contribution in [2.45, 2.75) is 23.2 Å². The van der Waals surface area contributed by atoms with Crippen molar-refractivity contribution in [2.75, 3.05) is 25.2 Å². The molecule has 0 radical (unpaired) electrons. The van der Waals surface area contributed by atoms with Crippen LogP contribution in [0.1, 0.15) is 23.3 Å². The fraction of sp³-hybridized carbons (Fsp3) is 0.600. The minimum absolute atomic E-state index is 0.175. The molecule has 94 valence electrons. The Balaban J connectivity index is 2.00. The molecule has 0 bridgehead atoms. The molecule has 2 heterocycles. The van der Waals surface area contributed by atoms with Gasteiger partial charge in [0.05, 0.1) is 0 Å². The average Bonchev–Trinajstić information content (AvgIpc) is 2.72. The van der Waals surface area contributed by atoms with E-state index in [1.54, 1.807) is 0 Å². The third kappa shape index (κ3) is 3.11. The first-order valence-corrected chi connectivity index (χ1v) is 7.43. The zero-order valence-corrected chi connectivity index (χ0v) is 11.2. The Morgan fingerprint density at radius 3 is 2.88 bits per heavy atom. The van der Waals surface area contributed by atoms with Gasteiger partial charge >= 0.3 is 0 Å². The molecule has 1 aliphatic rings. The molecule has 0 aromatic carbocycles. The summed E-state index contributed by atoms with van der Waals surface area (Å²) in [5, 5.41) is 3.43. The summed E-state index contributed by atoms with van der Waals surface area (Å²) in [5.74, 6) is -0.175. The smallest absolute Gasteiger partial charge is 0.273 e. The number of hydrogen-bond donors (Lipinski definition) is 2. The Morgan fingerprint density at radius 1 is 1.59 bits per heavy atom. The number of ether oxygens (including phenoxy) is 1. The third-order valence-electron chi connectivity index (χ3n) is 2.58. The van der Waals surface area contributed by atoms with E-state index in [0.29, 0.717) is 23.9 Å². The minimum atomic E-state index is -0.175. The molecule has 1 aromatic rings. The Kier molecular flexibility index (Phi) is 4.25. The van der Waals surface area contributed by atoms with Gasteiger partial charge in [-0.1, -0.05) is 23.1 Å². The highest BCUT2D eigenvalue weighted by Crippen LogP contribution is 2.27. The largest absolute Gasteiger partial charge is 0.389 e. The van der Waals surface area contributed by atoms with Crippen molar-refractivity contribution in [3.63, 3.8) is 0 Å². The molecular formula is C10H15N3O2S2. The van der Waals surface area contributed by atoms with E-state index in [4.69, 9.17) is 10.5 Å². The lowest BCUT2D eigenvalue weighted by Crippen LogP contribution is -2.39. The normalized spacial score (nSPS) is 17.0. The maximum atomic E-state index is 12.0. The zero-order chi connectivity index (χ0) is 12.3. The van der Waals surface area contributed by atoms with E-state index in [0.717, 1.165) is 17.2 Å². The average molecular weight is 273 g/mol. The van der Waals surface area contributed by atoms with Crippen LogP contribution in [0, 0.1) is 0 Å². The van der Waals surface area contributed by atoms with Gasteiger partial charge in [-0.15, -0.1) is 0 Å². The predicted molar refractivity (Wildman–Crippen MR) is 69.6 cm³/mol. The number of carbonyl (C=O) groups is 1. The lowest BCUT2D eigenvalue weighted by Gasteiger charge is -2.22. The monoisotopic (exact) mass is 273 g/mol. The van der Waals surface area contributed by atoms with E-state index < -0.39 is 0 Å². The van der Waals surface area contributed by atoms with Crippen molar-refractivity contribution in [3.8, 4) is 0 Å². The number of thioether (sulfide) groups is 1. The summed E-state index contributed by atoms with van der Waals surface area (Å²) in [6.07, 6.45) is 3.62. The van der Waals surface area contributed by atoms with Crippen LogP contribution in [-0.2, 0) is 4.74 Å². The second-order valence-electron chi connectivity index (χ2n) is 3.76. The van der Waals surface area contributed by atoms with Gasteiger partial charge in [0.15, 0.2) is 10.0 Å². The number of hydrogen-bond acceptors (Lipinski definition) is 6. The molecule has 7 heteroatoms. The molecule has 17 heavy (non-hydrogen) atoms. The number of carbonyl (C=O) groups excluding carboxylic acids is 1. The van der Waals surface area contributed by atoms with Crippen LogP contribution in [0.2, 0.25) is 0 Å². The molecule has 1 amide bonds. The molecule has 0 atom stereocenters. The topological polar surface area (TPSA) is 77.2 Å². The number of thiazole rings is 1. The van der Waals surface area contributed by atoms with Crippen LogP contribution in [0.3, 0.4) is 0 Å². The molecule has 1 saturated heterocycles. The third-order valence-corrected chi connectivity index (χ3v) is 4.45. The molecular weight excluding hydrogens is 258 g/mol. The summed E-state index contributed by atoms with van der Waals surface area (Å²) in [4.78, 5) is 16.2. The summed E-state index contributed by atoms with van der Waals surface area (Å²) >= 11 is 2.84. The maximum Gasteiger partial charge on any atom is 0.273 e. The van der Waals surface area contributed by atoms with Gasteiger partial charge in [-0.3, -0.25) is 4.79 Å². The molecule has 3 N–H and O–H groups in total. The van der Waals surface area contributed by atoms with Gasteiger partial charge in [0.25, 0.3) is 5.91 Å². The van der Waals surface area contributed by atoms with Gasteiger partial charge in [0.1, 0.15) is 5.00 Å². The van der Waals surface area contributed by atoms with E-state index in [1.807, 2.05) is 6.26 Å². The number of rotatable bonds is 3. The molecule has 0 unspecified atom stereocenters. The van der Waals surface area contributed by atoms with Crippen LogP contribution in [0.25, 0.3) is 0 Å². The Hall–Kier alpha value is -0.790. The second-order valence-corrected chi connectivity index (χ2v) is 5.84. The molecule has 1 aromatic heterocycles. The highest BCUT2D eigenvalue weighted by atomic mass is 32.2. The highest BCUT2D eigenvalue weighted by molar-refractivity contribution is 8.00. The van der Waals surface area contributed by atoms with E-state index in [1.165, 1.54) is 23.1 Å². The molecule has 2 rings (SSSR count). The first-order chi connectivity index (χ1) is 8.20. The van der Waals surface area contributed by atoms with Gasteiger partial charge in [-0.2, -0.15) is 0 Å². The van der Waals surface area contributed by atoms with E-state index in [-0.39, 0.29) is 11.9 Å². The number of amides is 1. The van der Waals surface area contributed by atoms with Crippen LogP contribution < -0.4 is 11.1 Å². The van der Waals surface area contributed by atoms with Crippen LogP contribution in [0.4, 0.5) is 5.00 Å². The van der Waals surface area contributed by atoms with Crippen molar-refractivity contribution in [1.29, 1.82) is 0 Å². The first-order valence-electron chi connectivity index (χ1n) is 5.39. The Morgan fingerprint density at radius 2 is 2.29 bits per heavy atom. The van der Waals surface area contributed by atoms with Crippen molar-refractivity contribution in [3.05, 3.63) is 5.69 Å². The lowest BCUT2D eigenvalue weighted by molar-refractivity contribution is 0.0694. The molecule has 0 spiro atoms. The van der Waals surface area contributed by atoms with Gasteiger partial charge in [-0.05, 0) is 19.1 Å². The van der Waals surface area contributed by atoms with Gasteiger partial charge in [0, 0.05) is 19.3 Å². The summed E-state index contributed by atoms with van der Waals surface area (Å²) in [6.45, 7) is 1.40. The Bertz CT molecular complexity index is 402. The lowest BCUT2D eigenvalue weighted by atomic mass is 10.1. The second kappa shape index (κ2) is 5.70. The summed E-state index contributed by atoms with van der Waals surface area (Å²) in [5.41, 5.74) is 6.13. The van der Waals surface area contributed by atoms with Crippen LogP contribution in [0.5, 0.6) is 0 Å². The van der Waals surface area contributed by atoms with Crippen LogP contribution >= 0.6 is 23.1 Å². The van der Waals surface area contributed by atoms with Crippen molar-refractivity contribution in [1.82, 2.24) is 10.3 Å². The number of nitrogens with zero attached hydrogens (tertiary/aromatic N) is 1. The number of nitrogens with two attached hydrogens (primary N) is 1. The quantitative estimate of drug-likeness (QED) is 0.813. The van der Waals surface area contributed by atoms with E-state index in [9.17, 15) is 4.79 Å². The Labute approximate surface area is 108 Å². The highest BCUT2D eigenvalue weighted by Gasteiger charge is 2.21. The van der Waals surface area contributed by atoms with Gasteiger partial charge in [0.2, 0.25) is 0 Å². The molecule has 0 aliphatic carbocycles. The van der Waals surface area contributed by atoms with Crippen molar-refractivity contribution in [2.24, 2.45) is 0 Å². The van der Waals surface area contributed by atoms with Crippen LogP contribution in [0.15, 0.2) is 4.34 Å². The van der Waals surface area contributed by atoms with Crippen molar-refractivity contribution < 1.29 is 9.53 Å². The van der Waals surface area contributed by atoms with Gasteiger partial charge in [-0.25, -0.2) is 4.98 Å². The van der Waals surface area contributed by atoms with Crippen molar-refractivity contribution >= 4 is 34.0 Å². The fourth-order valence-corrected chi connectivity index (χ4v) is 3.00. The van der Waals surface area contributed by atoms with Crippen LogP contribution in [-0.4, -0.2) is 36.4 Å². The molecule has 1 fully saturated rings. The zero-order valence-electron chi connectivity index (χ0n) is 9.56. The number of nitrogen functional groups attached to an aromatic ring is 1. The summed E-state index contributed by atoms with van der Waals surface area (Å²) in [6, 6.07) is 0.176. The number of anilines is 1. The molecule has 1 aliphatic heterocycles. The standard InChI is InChI=1S/C10H15N3O2S2/c1-16-10-13-7(8(11)17-10)9(14)12-6-2-4-15-5-3-6/h6H,2-5,11H2,1H3,(H,12,14). The fourth-order valence-electron chi connectivity index (χ4n) is 1.66. The van der Waals surface area contributed by atoms with E-state index in [2.05, 4.69) is 10.3 Å². The first kappa shape index (κ1) is 12.7. The molecule has 5 nitrogen and oxygen atoms in total. The summed E-state index contributed by atoms with van der Waals surface area (Å²) < 4.78 is 6.06. The molecule has 0 saturated carbocycles. The number of aromatic nitrogens is 1. The van der Waals surface area contributed by atoms with E-state index >= 15 is 0 Å². The number of nitrogens with one attached hydrogen (secondary N) is 1.